The average Bonchev–Trinajstić information content (AvgIpc) is 2.40. The first-order chi connectivity index (χ1) is 9.21. The second kappa shape index (κ2) is 9.73. The Balaban J connectivity index is 2.44. The lowest BCUT2D eigenvalue weighted by molar-refractivity contribution is 0.0226. The molecule has 0 aromatic heterocycles. The maximum atomic E-state index is 10.2. The van der Waals surface area contributed by atoms with Crippen LogP contribution in [-0.4, -0.2) is 47.5 Å². The third kappa shape index (κ3) is 6.24. The van der Waals surface area contributed by atoms with E-state index in [1.165, 1.54) is 38.5 Å². The van der Waals surface area contributed by atoms with E-state index >= 15 is 0 Å². The summed E-state index contributed by atoms with van der Waals surface area (Å²) in [4.78, 5) is 2.34. The van der Waals surface area contributed by atoms with Crippen molar-refractivity contribution in [3.63, 3.8) is 0 Å². The standard InChI is InChI=1S/C16H33NO2/c1-3-5-9-17(10-11-18)13-15-12-14(6-4-2)7-8-16(15)19/h14-16,18-19H,3-13H2,1-2H3. The zero-order chi connectivity index (χ0) is 14.1. The normalized spacial score (nSPS) is 27.9. The summed E-state index contributed by atoms with van der Waals surface area (Å²) in [5.74, 6) is 1.22. The van der Waals surface area contributed by atoms with Crippen molar-refractivity contribution in [1.29, 1.82) is 0 Å². The SMILES string of the molecule is CCCCN(CCO)CC1CC(CCC)CCC1O. The van der Waals surface area contributed by atoms with E-state index in [4.69, 9.17) is 5.11 Å². The van der Waals surface area contributed by atoms with Gasteiger partial charge in [-0.05, 0) is 44.1 Å². The third-order valence-electron chi connectivity index (χ3n) is 4.48. The van der Waals surface area contributed by atoms with Crippen LogP contribution in [0, 0.1) is 11.8 Å². The molecule has 2 N–H and O–H groups in total. The van der Waals surface area contributed by atoms with Crippen molar-refractivity contribution in [2.75, 3.05) is 26.2 Å². The highest BCUT2D eigenvalue weighted by Gasteiger charge is 2.29. The average molecular weight is 271 g/mol. The van der Waals surface area contributed by atoms with E-state index < -0.39 is 0 Å². The Kier molecular flexibility index (Phi) is 8.67. The molecule has 0 bridgehead atoms. The van der Waals surface area contributed by atoms with E-state index in [-0.39, 0.29) is 12.7 Å². The molecule has 1 fully saturated rings. The van der Waals surface area contributed by atoms with Crippen molar-refractivity contribution in [1.82, 2.24) is 4.90 Å². The zero-order valence-electron chi connectivity index (χ0n) is 12.9. The van der Waals surface area contributed by atoms with Gasteiger partial charge in [0.1, 0.15) is 0 Å². The highest BCUT2D eigenvalue weighted by atomic mass is 16.3. The largest absolute Gasteiger partial charge is 0.395 e. The molecule has 1 saturated carbocycles. The number of aliphatic hydroxyl groups excluding tert-OH is 2. The van der Waals surface area contributed by atoms with Crippen molar-refractivity contribution in [2.24, 2.45) is 11.8 Å². The molecule has 0 spiro atoms. The summed E-state index contributed by atoms with van der Waals surface area (Å²) in [5, 5.41) is 19.4. The van der Waals surface area contributed by atoms with Crippen molar-refractivity contribution in [3.05, 3.63) is 0 Å². The molecule has 3 heteroatoms. The summed E-state index contributed by atoms with van der Waals surface area (Å²) < 4.78 is 0. The molecule has 0 aliphatic heterocycles. The minimum absolute atomic E-state index is 0.129. The number of hydrogen-bond donors (Lipinski definition) is 2. The van der Waals surface area contributed by atoms with Crippen LogP contribution in [0.5, 0.6) is 0 Å². The van der Waals surface area contributed by atoms with Gasteiger partial charge < -0.3 is 15.1 Å². The van der Waals surface area contributed by atoms with Crippen molar-refractivity contribution in [3.8, 4) is 0 Å². The predicted molar refractivity (Wildman–Crippen MR) is 80.2 cm³/mol. The monoisotopic (exact) mass is 271 g/mol. The molecule has 0 aromatic carbocycles. The first kappa shape index (κ1) is 16.9. The summed E-state index contributed by atoms with van der Waals surface area (Å²) in [5.41, 5.74) is 0. The maximum Gasteiger partial charge on any atom is 0.0580 e. The molecule has 0 heterocycles. The van der Waals surface area contributed by atoms with Gasteiger partial charge in [-0.2, -0.15) is 0 Å². The van der Waals surface area contributed by atoms with Crippen LogP contribution in [0.2, 0.25) is 0 Å². The highest BCUT2D eigenvalue weighted by molar-refractivity contribution is 4.82. The van der Waals surface area contributed by atoms with Gasteiger partial charge >= 0.3 is 0 Å². The van der Waals surface area contributed by atoms with E-state index in [0.29, 0.717) is 5.92 Å². The molecule has 1 aliphatic carbocycles. The summed E-state index contributed by atoms with van der Waals surface area (Å²) in [6.45, 7) is 7.44. The maximum absolute atomic E-state index is 10.2. The minimum Gasteiger partial charge on any atom is -0.395 e. The Morgan fingerprint density at radius 2 is 1.89 bits per heavy atom. The van der Waals surface area contributed by atoms with Gasteiger partial charge in [-0.15, -0.1) is 0 Å². The van der Waals surface area contributed by atoms with Gasteiger partial charge in [-0.1, -0.05) is 33.1 Å². The van der Waals surface area contributed by atoms with Gasteiger partial charge in [0, 0.05) is 13.1 Å². The van der Waals surface area contributed by atoms with Gasteiger partial charge in [0.05, 0.1) is 12.7 Å². The van der Waals surface area contributed by atoms with Crippen LogP contribution in [0.25, 0.3) is 0 Å². The van der Waals surface area contributed by atoms with Crippen LogP contribution in [0.15, 0.2) is 0 Å². The fourth-order valence-corrected chi connectivity index (χ4v) is 3.36. The van der Waals surface area contributed by atoms with E-state index in [2.05, 4.69) is 18.7 Å². The molecule has 114 valence electrons. The molecule has 0 aromatic rings. The molecule has 0 radical (unpaired) electrons. The van der Waals surface area contributed by atoms with E-state index in [1.54, 1.807) is 0 Å². The smallest absolute Gasteiger partial charge is 0.0580 e. The lowest BCUT2D eigenvalue weighted by Crippen LogP contribution is -2.40. The molecular formula is C16H33NO2. The fraction of sp³-hybridized carbons (Fsp3) is 1.00. The molecule has 0 saturated heterocycles. The van der Waals surface area contributed by atoms with E-state index in [0.717, 1.165) is 32.0 Å². The number of rotatable bonds is 9. The topological polar surface area (TPSA) is 43.7 Å². The third-order valence-corrected chi connectivity index (χ3v) is 4.48. The van der Waals surface area contributed by atoms with Crippen molar-refractivity contribution < 1.29 is 10.2 Å². The quantitative estimate of drug-likeness (QED) is 0.677. The molecule has 0 amide bonds. The number of hydrogen-bond acceptors (Lipinski definition) is 3. The van der Waals surface area contributed by atoms with Crippen LogP contribution in [0.4, 0.5) is 0 Å². The summed E-state index contributed by atoms with van der Waals surface area (Å²) >= 11 is 0. The Morgan fingerprint density at radius 3 is 2.53 bits per heavy atom. The van der Waals surface area contributed by atoms with Gasteiger partial charge in [-0.3, -0.25) is 0 Å². The predicted octanol–water partition coefficient (Wildman–Crippen LogP) is 2.66. The van der Waals surface area contributed by atoms with E-state index in [9.17, 15) is 5.11 Å². The highest BCUT2D eigenvalue weighted by Crippen LogP contribution is 2.32. The van der Waals surface area contributed by atoms with Crippen molar-refractivity contribution >= 4 is 0 Å². The first-order valence-corrected chi connectivity index (χ1v) is 8.22. The van der Waals surface area contributed by atoms with Gasteiger partial charge in [0.15, 0.2) is 0 Å². The van der Waals surface area contributed by atoms with Crippen LogP contribution in [-0.2, 0) is 0 Å². The number of unbranched alkanes of at least 4 members (excludes halogenated alkanes) is 1. The number of nitrogens with zero attached hydrogens (tertiary/aromatic N) is 1. The molecule has 3 atom stereocenters. The lowest BCUT2D eigenvalue weighted by atomic mass is 9.77. The van der Waals surface area contributed by atoms with E-state index in [1.807, 2.05) is 0 Å². The molecule has 1 aliphatic rings. The molecule has 19 heavy (non-hydrogen) atoms. The first-order valence-electron chi connectivity index (χ1n) is 8.22. The Labute approximate surface area is 119 Å². The Morgan fingerprint density at radius 1 is 1.11 bits per heavy atom. The molecule has 3 unspecified atom stereocenters. The number of aliphatic hydroxyl groups is 2. The van der Waals surface area contributed by atoms with Crippen LogP contribution in [0.3, 0.4) is 0 Å². The zero-order valence-corrected chi connectivity index (χ0v) is 12.9. The lowest BCUT2D eigenvalue weighted by Gasteiger charge is -2.36. The summed E-state index contributed by atoms with van der Waals surface area (Å²) in [7, 11) is 0. The summed E-state index contributed by atoms with van der Waals surface area (Å²) in [6, 6.07) is 0. The van der Waals surface area contributed by atoms with Gasteiger partial charge in [0.25, 0.3) is 0 Å². The molecule has 3 nitrogen and oxygen atoms in total. The van der Waals surface area contributed by atoms with Gasteiger partial charge in [0.2, 0.25) is 0 Å². The van der Waals surface area contributed by atoms with Gasteiger partial charge in [-0.25, -0.2) is 0 Å². The second-order valence-corrected chi connectivity index (χ2v) is 6.17. The van der Waals surface area contributed by atoms with Crippen LogP contribution >= 0.6 is 0 Å². The summed E-state index contributed by atoms with van der Waals surface area (Å²) in [6.07, 6.45) is 8.13. The molecule has 1 rings (SSSR count). The van der Waals surface area contributed by atoms with Crippen molar-refractivity contribution in [2.45, 2.75) is 64.9 Å². The Bertz CT molecular complexity index is 223. The fourth-order valence-electron chi connectivity index (χ4n) is 3.36. The molecular weight excluding hydrogens is 238 g/mol. The second-order valence-electron chi connectivity index (χ2n) is 6.17. The van der Waals surface area contributed by atoms with Crippen LogP contribution in [0.1, 0.15) is 58.8 Å². The Hall–Kier alpha value is -0.120. The van der Waals surface area contributed by atoms with Crippen LogP contribution < -0.4 is 0 Å². The minimum atomic E-state index is -0.129.